The third-order valence-electron chi connectivity index (χ3n) is 4.02. The topological polar surface area (TPSA) is 48.9 Å². The van der Waals surface area contributed by atoms with Gasteiger partial charge in [-0.1, -0.05) is 0 Å². The fraction of sp³-hybridized carbons (Fsp3) is 0.611. The monoisotopic (exact) mass is 390 g/mol. The fourth-order valence-electron chi connectivity index (χ4n) is 2.84. The van der Waals surface area contributed by atoms with Gasteiger partial charge in [0, 0.05) is 38.6 Å². The Morgan fingerprint density at radius 3 is 2.70 bits per heavy atom. The molecule has 0 aromatic heterocycles. The predicted octanol–water partition coefficient (Wildman–Crippen LogP) is 2.79. The molecular formula is C18H26F4N4O. The maximum Gasteiger partial charge on any atom is 0.401 e. The second-order valence-electron chi connectivity index (χ2n) is 6.40. The average molecular weight is 390 g/mol. The molecule has 1 aromatic rings. The summed E-state index contributed by atoms with van der Waals surface area (Å²) in [7, 11) is 0. The molecule has 0 bridgehead atoms. The summed E-state index contributed by atoms with van der Waals surface area (Å²) in [6.07, 6.45) is -2.86. The Labute approximate surface area is 156 Å². The number of alkyl halides is 3. The van der Waals surface area contributed by atoms with E-state index in [-0.39, 0.29) is 11.9 Å². The van der Waals surface area contributed by atoms with Crippen LogP contribution >= 0.6 is 0 Å². The highest BCUT2D eigenvalue weighted by Crippen LogP contribution is 2.19. The second-order valence-corrected chi connectivity index (χ2v) is 6.40. The molecule has 2 rings (SSSR count). The van der Waals surface area contributed by atoms with Gasteiger partial charge in [0.1, 0.15) is 11.6 Å². The van der Waals surface area contributed by atoms with Crippen molar-refractivity contribution in [1.29, 1.82) is 0 Å². The first-order chi connectivity index (χ1) is 12.9. The van der Waals surface area contributed by atoms with Crippen LogP contribution in [0.3, 0.4) is 0 Å². The molecule has 1 heterocycles. The molecule has 1 saturated heterocycles. The summed E-state index contributed by atoms with van der Waals surface area (Å²) in [5, 5.41) is 6.30. The number of hydrogen-bond acceptors (Lipinski definition) is 3. The van der Waals surface area contributed by atoms with Gasteiger partial charge < -0.3 is 15.4 Å². The molecule has 2 N–H and O–H groups in total. The summed E-state index contributed by atoms with van der Waals surface area (Å²) < 4.78 is 55.7. The zero-order chi connectivity index (χ0) is 19.7. The minimum Gasteiger partial charge on any atom is -0.494 e. The normalized spacial score (nSPS) is 18.6. The quantitative estimate of drug-likeness (QED) is 0.310. The van der Waals surface area contributed by atoms with Crippen molar-refractivity contribution in [2.45, 2.75) is 32.0 Å². The van der Waals surface area contributed by atoms with E-state index < -0.39 is 12.7 Å². The van der Waals surface area contributed by atoms with E-state index in [9.17, 15) is 17.6 Å². The van der Waals surface area contributed by atoms with Crippen molar-refractivity contribution in [2.24, 2.45) is 4.99 Å². The first-order valence-corrected chi connectivity index (χ1v) is 9.08. The number of likely N-dealkylation sites (tertiary alicyclic amines) is 1. The van der Waals surface area contributed by atoms with Gasteiger partial charge in [-0.3, -0.25) is 9.89 Å². The van der Waals surface area contributed by atoms with Gasteiger partial charge in [0.25, 0.3) is 0 Å². The van der Waals surface area contributed by atoms with E-state index >= 15 is 0 Å². The van der Waals surface area contributed by atoms with Crippen molar-refractivity contribution in [3.05, 3.63) is 30.1 Å². The molecule has 1 aliphatic rings. The van der Waals surface area contributed by atoms with E-state index in [4.69, 9.17) is 4.74 Å². The first kappa shape index (κ1) is 21.3. The van der Waals surface area contributed by atoms with Crippen molar-refractivity contribution in [2.75, 3.05) is 39.3 Å². The number of ether oxygens (including phenoxy) is 1. The number of halogens is 4. The number of aliphatic imine (C=N–C) groups is 1. The van der Waals surface area contributed by atoms with Crippen LogP contribution in [0.2, 0.25) is 0 Å². The number of nitrogens with zero attached hydrogens (tertiary/aromatic N) is 2. The molecule has 27 heavy (non-hydrogen) atoms. The Hall–Kier alpha value is -2.03. The Bertz CT molecular complexity index is 592. The zero-order valence-electron chi connectivity index (χ0n) is 15.4. The molecule has 9 heteroatoms. The molecule has 1 aliphatic heterocycles. The third-order valence-corrected chi connectivity index (χ3v) is 4.02. The van der Waals surface area contributed by atoms with Crippen LogP contribution in [0.15, 0.2) is 29.3 Å². The van der Waals surface area contributed by atoms with E-state index in [0.717, 1.165) is 0 Å². The number of rotatable bonds is 8. The molecule has 0 aliphatic carbocycles. The summed E-state index contributed by atoms with van der Waals surface area (Å²) in [5.41, 5.74) is 0. The Morgan fingerprint density at radius 1 is 1.30 bits per heavy atom. The first-order valence-electron chi connectivity index (χ1n) is 9.08. The molecule has 0 saturated carbocycles. The van der Waals surface area contributed by atoms with Crippen molar-refractivity contribution in [1.82, 2.24) is 15.5 Å². The maximum absolute atomic E-state index is 12.8. The van der Waals surface area contributed by atoms with E-state index in [2.05, 4.69) is 15.6 Å². The zero-order valence-corrected chi connectivity index (χ0v) is 15.4. The van der Waals surface area contributed by atoms with E-state index in [1.54, 1.807) is 12.1 Å². The van der Waals surface area contributed by atoms with Gasteiger partial charge in [0.2, 0.25) is 0 Å². The Balaban J connectivity index is 1.71. The van der Waals surface area contributed by atoms with Gasteiger partial charge >= 0.3 is 6.18 Å². The van der Waals surface area contributed by atoms with Crippen molar-refractivity contribution in [3.8, 4) is 5.75 Å². The number of benzene rings is 1. The molecular weight excluding hydrogens is 364 g/mol. The summed E-state index contributed by atoms with van der Waals surface area (Å²) in [6.45, 7) is 3.43. The fourth-order valence-corrected chi connectivity index (χ4v) is 2.84. The van der Waals surface area contributed by atoms with Gasteiger partial charge in [-0.15, -0.1) is 0 Å². The molecule has 0 radical (unpaired) electrons. The number of guanidine groups is 1. The highest BCUT2D eigenvalue weighted by atomic mass is 19.4. The minimum atomic E-state index is -4.17. The SMILES string of the molecule is CCNC(=NCCCOc1ccc(F)cc1)NC1CCN(CC(F)(F)F)C1. The van der Waals surface area contributed by atoms with Gasteiger partial charge in [-0.2, -0.15) is 13.2 Å². The smallest absolute Gasteiger partial charge is 0.401 e. The molecule has 152 valence electrons. The van der Waals surface area contributed by atoms with Gasteiger partial charge in [0.15, 0.2) is 5.96 Å². The number of hydrogen-bond donors (Lipinski definition) is 2. The van der Waals surface area contributed by atoms with Gasteiger partial charge in [-0.25, -0.2) is 4.39 Å². The van der Waals surface area contributed by atoms with Crippen LogP contribution < -0.4 is 15.4 Å². The van der Waals surface area contributed by atoms with Crippen LogP contribution in [0, 0.1) is 5.82 Å². The third kappa shape index (κ3) is 8.47. The van der Waals surface area contributed by atoms with E-state index in [1.807, 2.05) is 6.92 Å². The largest absolute Gasteiger partial charge is 0.494 e. The minimum absolute atomic E-state index is 0.0550. The lowest BCUT2D eigenvalue weighted by atomic mass is 10.3. The van der Waals surface area contributed by atoms with Crippen LogP contribution in [-0.2, 0) is 0 Å². The highest BCUT2D eigenvalue weighted by Gasteiger charge is 2.34. The van der Waals surface area contributed by atoms with Crippen LogP contribution in [-0.4, -0.2) is 62.4 Å². The average Bonchev–Trinajstić information content (AvgIpc) is 3.01. The van der Waals surface area contributed by atoms with Crippen LogP contribution in [0.4, 0.5) is 17.6 Å². The van der Waals surface area contributed by atoms with Crippen LogP contribution in [0.1, 0.15) is 19.8 Å². The van der Waals surface area contributed by atoms with Gasteiger partial charge in [0.05, 0.1) is 13.2 Å². The lowest BCUT2D eigenvalue weighted by molar-refractivity contribution is -0.143. The summed E-state index contributed by atoms with van der Waals surface area (Å²) >= 11 is 0. The van der Waals surface area contributed by atoms with Crippen LogP contribution in [0.25, 0.3) is 0 Å². The van der Waals surface area contributed by atoms with Gasteiger partial charge in [-0.05, 0) is 37.6 Å². The maximum atomic E-state index is 12.8. The summed E-state index contributed by atoms with van der Waals surface area (Å²) in [4.78, 5) is 5.84. The van der Waals surface area contributed by atoms with E-state index in [0.29, 0.717) is 57.3 Å². The standard InChI is InChI=1S/C18H26F4N4O/c1-2-23-17(25-15-8-10-26(12-15)13-18(20,21)22)24-9-3-11-27-16-6-4-14(19)5-7-16/h4-7,15H,2-3,8-13H2,1H3,(H2,23,24,25). The Morgan fingerprint density at radius 2 is 2.04 bits per heavy atom. The van der Waals surface area contributed by atoms with Crippen molar-refractivity contribution in [3.63, 3.8) is 0 Å². The molecule has 1 fully saturated rings. The highest BCUT2D eigenvalue weighted by molar-refractivity contribution is 5.80. The van der Waals surface area contributed by atoms with Crippen molar-refractivity contribution >= 4 is 5.96 Å². The lowest BCUT2D eigenvalue weighted by Crippen LogP contribution is -2.45. The predicted molar refractivity (Wildman–Crippen MR) is 96.5 cm³/mol. The lowest BCUT2D eigenvalue weighted by Gasteiger charge is -2.19. The summed E-state index contributed by atoms with van der Waals surface area (Å²) in [5.74, 6) is 0.883. The molecule has 1 atom stereocenters. The molecule has 1 aromatic carbocycles. The second kappa shape index (κ2) is 10.3. The van der Waals surface area contributed by atoms with E-state index in [1.165, 1.54) is 17.0 Å². The molecule has 5 nitrogen and oxygen atoms in total. The molecule has 0 amide bonds. The van der Waals surface area contributed by atoms with Crippen molar-refractivity contribution < 1.29 is 22.3 Å². The molecule has 1 unspecified atom stereocenters. The Kier molecular flexibility index (Phi) is 8.15. The van der Waals surface area contributed by atoms with Crippen LogP contribution in [0.5, 0.6) is 5.75 Å². The molecule has 0 spiro atoms. The number of nitrogens with one attached hydrogen (secondary N) is 2. The summed E-state index contributed by atoms with van der Waals surface area (Å²) in [6, 6.07) is 5.75.